The van der Waals surface area contributed by atoms with Crippen LogP contribution in [0.25, 0.3) is 0 Å². The van der Waals surface area contributed by atoms with Gasteiger partial charge in [0.25, 0.3) is 5.91 Å². The molecule has 0 N–H and O–H groups in total. The first-order valence-corrected chi connectivity index (χ1v) is 11.0. The Labute approximate surface area is 175 Å². The summed E-state index contributed by atoms with van der Waals surface area (Å²) >= 11 is 1.58. The van der Waals surface area contributed by atoms with Gasteiger partial charge < -0.3 is 14.4 Å². The maximum atomic E-state index is 12.7. The Morgan fingerprint density at radius 1 is 1.28 bits per heavy atom. The molecule has 156 valence electrons. The summed E-state index contributed by atoms with van der Waals surface area (Å²) in [4.78, 5) is 31.4. The highest BCUT2D eigenvalue weighted by Crippen LogP contribution is 2.21. The smallest absolute Gasteiger partial charge is 0.338 e. The molecule has 0 saturated carbocycles. The van der Waals surface area contributed by atoms with E-state index in [4.69, 9.17) is 9.47 Å². The maximum Gasteiger partial charge on any atom is 0.338 e. The molecule has 6 nitrogen and oxygen atoms in total. The lowest BCUT2D eigenvalue weighted by atomic mass is 9.99. The fourth-order valence-corrected chi connectivity index (χ4v) is 4.14. The Hall–Kier alpha value is -2.41. The summed E-state index contributed by atoms with van der Waals surface area (Å²) in [5.74, 6) is 0.0384. The Morgan fingerprint density at radius 2 is 2.03 bits per heavy atom. The minimum Gasteiger partial charge on any atom is -0.487 e. The molecule has 1 amide bonds. The fraction of sp³-hybridized carbons (Fsp3) is 0.500. The third-order valence-electron chi connectivity index (χ3n) is 5.16. The van der Waals surface area contributed by atoms with Gasteiger partial charge in [0.1, 0.15) is 12.4 Å². The number of likely N-dealkylation sites (tertiary alicyclic amines) is 1. The Bertz CT molecular complexity index is 834. The molecule has 1 aromatic carbocycles. The van der Waals surface area contributed by atoms with E-state index in [-0.39, 0.29) is 11.9 Å². The Balaban J connectivity index is 1.53. The van der Waals surface area contributed by atoms with Gasteiger partial charge in [-0.3, -0.25) is 4.79 Å². The van der Waals surface area contributed by atoms with Crippen molar-refractivity contribution in [3.63, 3.8) is 0 Å². The molecule has 2 unspecified atom stereocenters. The summed E-state index contributed by atoms with van der Waals surface area (Å²) in [7, 11) is 0. The molecule has 0 radical (unpaired) electrons. The standard InChI is InChI=1S/C22H28N2O4S/c1-4-19-7-5-6-12-24(19)21(25)15(2)28-22(26)17-8-10-20(11-9-17)27-13-18-14-29-16(3)23-18/h8-11,14-15,19H,4-7,12-13H2,1-3H3. The van der Waals surface area contributed by atoms with Crippen LogP contribution in [0.2, 0.25) is 0 Å². The molecule has 1 aromatic heterocycles. The largest absolute Gasteiger partial charge is 0.487 e. The predicted octanol–water partition coefficient (Wildman–Crippen LogP) is 4.37. The number of ether oxygens (including phenoxy) is 2. The number of carbonyl (C=O) groups is 2. The molecule has 29 heavy (non-hydrogen) atoms. The van der Waals surface area contributed by atoms with Gasteiger partial charge >= 0.3 is 5.97 Å². The first-order valence-electron chi connectivity index (χ1n) is 10.1. The van der Waals surface area contributed by atoms with Crippen LogP contribution in [-0.2, 0) is 16.1 Å². The monoisotopic (exact) mass is 416 g/mol. The lowest BCUT2D eigenvalue weighted by Crippen LogP contribution is -2.48. The third-order valence-corrected chi connectivity index (χ3v) is 5.98. The molecular formula is C22H28N2O4S. The number of nitrogens with zero attached hydrogens (tertiary/aromatic N) is 2. The van der Waals surface area contributed by atoms with Gasteiger partial charge in [-0.2, -0.15) is 0 Å². The summed E-state index contributed by atoms with van der Waals surface area (Å²) in [6.07, 6.45) is 3.30. The van der Waals surface area contributed by atoms with Crippen molar-refractivity contribution in [2.75, 3.05) is 6.54 Å². The Morgan fingerprint density at radius 3 is 2.69 bits per heavy atom. The van der Waals surface area contributed by atoms with Crippen molar-refractivity contribution in [3.05, 3.63) is 45.9 Å². The summed E-state index contributed by atoms with van der Waals surface area (Å²) in [6, 6.07) is 6.99. The first kappa shape index (κ1) is 21.3. The van der Waals surface area contributed by atoms with Gasteiger partial charge in [0, 0.05) is 18.0 Å². The molecule has 0 bridgehead atoms. The van der Waals surface area contributed by atoms with Crippen LogP contribution < -0.4 is 4.74 Å². The van der Waals surface area contributed by atoms with Crippen molar-refractivity contribution in [1.82, 2.24) is 9.88 Å². The predicted molar refractivity (Wildman–Crippen MR) is 112 cm³/mol. The van der Waals surface area contributed by atoms with Crippen LogP contribution in [-0.4, -0.2) is 40.5 Å². The van der Waals surface area contributed by atoms with E-state index in [1.54, 1.807) is 42.5 Å². The second-order valence-corrected chi connectivity index (χ2v) is 8.37. The average molecular weight is 417 g/mol. The van der Waals surface area contributed by atoms with Crippen LogP contribution in [0.5, 0.6) is 5.75 Å². The quantitative estimate of drug-likeness (QED) is 0.627. The maximum absolute atomic E-state index is 12.7. The summed E-state index contributed by atoms with van der Waals surface area (Å²) < 4.78 is 11.1. The van der Waals surface area contributed by atoms with Crippen molar-refractivity contribution < 1.29 is 19.1 Å². The molecule has 2 aromatic rings. The van der Waals surface area contributed by atoms with Gasteiger partial charge in [0.05, 0.1) is 16.3 Å². The van der Waals surface area contributed by atoms with Crippen molar-refractivity contribution in [2.24, 2.45) is 0 Å². The van der Waals surface area contributed by atoms with Gasteiger partial charge in [-0.15, -0.1) is 11.3 Å². The van der Waals surface area contributed by atoms with E-state index in [0.717, 1.165) is 42.9 Å². The van der Waals surface area contributed by atoms with Crippen LogP contribution in [0.15, 0.2) is 29.6 Å². The number of amides is 1. The van der Waals surface area contributed by atoms with Crippen molar-refractivity contribution in [3.8, 4) is 5.75 Å². The van der Waals surface area contributed by atoms with Gasteiger partial charge in [0.2, 0.25) is 0 Å². The average Bonchev–Trinajstić information content (AvgIpc) is 3.17. The number of thiazole rings is 1. The minimum absolute atomic E-state index is 0.108. The number of piperidine rings is 1. The van der Waals surface area contributed by atoms with Crippen molar-refractivity contribution in [1.29, 1.82) is 0 Å². The number of aromatic nitrogens is 1. The second-order valence-electron chi connectivity index (χ2n) is 7.31. The lowest BCUT2D eigenvalue weighted by molar-refractivity contribution is -0.143. The number of esters is 1. The molecular weight excluding hydrogens is 388 g/mol. The number of rotatable bonds is 7. The zero-order chi connectivity index (χ0) is 20.8. The molecule has 1 fully saturated rings. The number of aryl methyl sites for hydroxylation is 1. The third kappa shape index (κ3) is 5.56. The van der Waals surface area contributed by atoms with Crippen molar-refractivity contribution in [2.45, 2.75) is 65.2 Å². The van der Waals surface area contributed by atoms with E-state index in [1.807, 2.05) is 17.2 Å². The minimum atomic E-state index is -0.793. The number of hydrogen-bond donors (Lipinski definition) is 0. The highest BCUT2D eigenvalue weighted by molar-refractivity contribution is 7.09. The second kappa shape index (κ2) is 9.87. The summed E-state index contributed by atoms with van der Waals surface area (Å²) in [5, 5.41) is 2.96. The fourth-order valence-electron chi connectivity index (χ4n) is 3.55. The molecule has 0 aliphatic carbocycles. The lowest BCUT2D eigenvalue weighted by Gasteiger charge is -2.36. The van der Waals surface area contributed by atoms with E-state index in [1.165, 1.54) is 0 Å². The van der Waals surface area contributed by atoms with Gasteiger partial charge in [-0.25, -0.2) is 9.78 Å². The summed E-state index contributed by atoms with van der Waals surface area (Å²) in [5.41, 5.74) is 1.28. The zero-order valence-corrected chi connectivity index (χ0v) is 18.0. The van der Waals surface area contributed by atoms with Crippen LogP contribution in [0.4, 0.5) is 0 Å². The topological polar surface area (TPSA) is 68.7 Å². The highest BCUT2D eigenvalue weighted by atomic mass is 32.1. The van der Waals surface area contributed by atoms with Crippen LogP contribution in [0.1, 0.15) is 60.6 Å². The van der Waals surface area contributed by atoms with E-state index >= 15 is 0 Å². The van der Waals surface area contributed by atoms with Gasteiger partial charge in [-0.05, 0) is 63.8 Å². The van der Waals surface area contributed by atoms with E-state index in [2.05, 4.69) is 11.9 Å². The van der Waals surface area contributed by atoms with Crippen molar-refractivity contribution >= 4 is 23.2 Å². The van der Waals surface area contributed by atoms with Gasteiger partial charge in [-0.1, -0.05) is 6.92 Å². The van der Waals surface area contributed by atoms with Gasteiger partial charge in [0.15, 0.2) is 6.10 Å². The number of carbonyl (C=O) groups excluding carboxylic acids is 2. The van der Waals surface area contributed by atoms with Crippen LogP contribution in [0, 0.1) is 6.92 Å². The van der Waals surface area contributed by atoms with Crippen LogP contribution >= 0.6 is 11.3 Å². The number of benzene rings is 1. The molecule has 7 heteroatoms. The summed E-state index contributed by atoms with van der Waals surface area (Å²) in [6.45, 7) is 6.81. The molecule has 3 rings (SSSR count). The van der Waals surface area contributed by atoms with Crippen LogP contribution in [0.3, 0.4) is 0 Å². The normalized spacial score (nSPS) is 17.6. The molecule has 1 saturated heterocycles. The first-order chi connectivity index (χ1) is 14.0. The van der Waals surface area contributed by atoms with E-state index in [0.29, 0.717) is 17.9 Å². The van der Waals surface area contributed by atoms with E-state index in [9.17, 15) is 9.59 Å². The SMILES string of the molecule is CCC1CCCCN1C(=O)C(C)OC(=O)c1ccc(OCc2csc(C)n2)cc1. The van der Waals surface area contributed by atoms with E-state index < -0.39 is 12.1 Å². The molecule has 1 aliphatic rings. The Kier molecular flexibility index (Phi) is 7.25. The molecule has 1 aliphatic heterocycles. The molecule has 2 atom stereocenters. The highest BCUT2D eigenvalue weighted by Gasteiger charge is 2.30. The number of hydrogen-bond acceptors (Lipinski definition) is 6. The zero-order valence-electron chi connectivity index (χ0n) is 17.2. The molecule has 0 spiro atoms. The molecule has 2 heterocycles.